The molecule has 0 aliphatic carbocycles. The van der Waals surface area contributed by atoms with E-state index in [-0.39, 0.29) is 18.9 Å². The summed E-state index contributed by atoms with van der Waals surface area (Å²) in [5, 5.41) is 14.1. The fourth-order valence-electron chi connectivity index (χ4n) is 1.57. The summed E-state index contributed by atoms with van der Waals surface area (Å²) in [6.07, 6.45) is 0.466. The van der Waals surface area contributed by atoms with Crippen molar-refractivity contribution in [1.29, 1.82) is 0 Å². The van der Waals surface area contributed by atoms with Gasteiger partial charge in [0.05, 0.1) is 0 Å². The molecule has 0 aliphatic rings. The molecule has 6 nitrogen and oxygen atoms in total. The molecule has 0 unspecified atom stereocenters. The minimum atomic E-state index is -0.864. The summed E-state index contributed by atoms with van der Waals surface area (Å²) < 4.78 is 5.33. The predicted octanol–water partition coefficient (Wildman–Crippen LogP) is 0.766. The Balaban J connectivity index is 2.21. The second-order valence-corrected chi connectivity index (χ2v) is 4.31. The molecular weight excluding hydrogens is 260 g/mol. The van der Waals surface area contributed by atoms with E-state index in [1.165, 1.54) is 0 Å². The molecule has 20 heavy (non-hydrogen) atoms. The molecule has 1 amide bonds. The number of ether oxygens (including phenoxy) is 1. The van der Waals surface area contributed by atoms with E-state index in [4.69, 9.17) is 9.84 Å². The third kappa shape index (κ3) is 6.75. The highest BCUT2D eigenvalue weighted by Gasteiger charge is 2.03. The Morgan fingerprint density at radius 3 is 2.55 bits per heavy atom. The van der Waals surface area contributed by atoms with Crippen molar-refractivity contribution in [3.8, 4) is 5.75 Å². The van der Waals surface area contributed by atoms with Gasteiger partial charge in [-0.2, -0.15) is 0 Å². The van der Waals surface area contributed by atoms with E-state index in [0.29, 0.717) is 18.7 Å². The fraction of sp³-hybridized carbons (Fsp3) is 0.429. The molecule has 1 aromatic carbocycles. The number of benzene rings is 1. The Hall–Kier alpha value is -2.08. The first kappa shape index (κ1) is 16.0. The zero-order valence-electron chi connectivity index (χ0n) is 11.5. The zero-order chi connectivity index (χ0) is 14.8. The van der Waals surface area contributed by atoms with Crippen LogP contribution in [-0.2, 0) is 16.1 Å². The van der Waals surface area contributed by atoms with Crippen molar-refractivity contribution in [2.24, 2.45) is 0 Å². The highest BCUT2D eigenvalue weighted by molar-refractivity contribution is 5.77. The lowest BCUT2D eigenvalue weighted by Crippen LogP contribution is -2.29. The summed E-state index contributed by atoms with van der Waals surface area (Å²) in [6, 6.07) is 7.47. The van der Waals surface area contributed by atoms with Gasteiger partial charge >= 0.3 is 5.97 Å². The van der Waals surface area contributed by atoms with Crippen LogP contribution in [0.4, 0.5) is 0 Å². The molecular formula is C14H20N2O4. The maximum Gasteiger partial charge on any atom is 0.303 e. The molecule has 1 aromatic rings. The molecule has 0 saturated carbocycles. The van der Waals surface area contributed by atoms with Gasteiger partial charge in [0.25, 0.3) is 5.91 Å². The standard InChI is InChI=1S/C14H20N2O4/c1-15-9-11-4-6-12(7-5-11)20-10-13(17)16-8-2-3-14(18)19/h4-7,15H,2-3,8-10H2,1H3,(H,16,17)(H,18,19). The SMILES string of the molecule is CNCc1ccc(OCC(=O)NCCCC(=O)O)cc1. The lowest BCUT2D eigenvalue weighted by molar-refractivity contribution is -0.137. The van der Waals surface area contributed by atoms with Crippen molar-refractivity contribution >= 4 is 11.9 Å². The van der Waals surface area contributed by atoms with Gasteiger partial charge in [-0.15, -0.1) is 0 Å². The van der Waals surface area contributed by atoms with Crippen LogP contribution >= 0.6 is 0 Å². The molecule has 0 fully saturated rings. The Kier molecular flexibility index (Phi) is 7.13. The van der Waals surface area contributed by atoms with Crippen LogP contribution in [0.3, 0.4) is 0 Å². The van der Waals surface area contributed by atoms with E-state index < -0.39 is 5.97 Å². The number of aliphatic carboxylic acids is 1. The molecule has 0 aromatic heterocycles. The molecule has 0 aliphatic heterocycles. The van der Waals surface area contributed by atoms with Crippen LogP contribution in [0.5, 0.6) is 5.75 Å². The number of carbonyl (C=O) groups is 2. The molecule has 0 radical (unpaired) electrons. The number of rotatable bonds is 9. The first-order valence-electron chi connectivity index (χ1n) is 6.46. The number of carboxylic acid groups (broad SMARTS) is 1. The third-order valence-corrected chi connectivity index (χ3v) is 2.56. The van der Waals surface area contributed by atoms with Crippen LogP contribution in [0.1, 0.15) is 18.4 Å². The predicted molar refractivity (Wildman–Crippen MR) is 74.6 cm³/mol. The van der Waals surface area contributed by atoms with Crippen LogP contribution in [0.15, 0.2) is 24.3 Å². The van der Waals surface area contributed by atoms with Gasteiger partial charge in [0, 0.05) is 19.5 Å². The largest absolute Gasteiger partial charge is 0.484 e. The van der Waals surface area contributed by atoms with Crippen molar-refractivity contribution in [3.63, 3.8) is 0 Å². The number of hydrogen-bond donors (Lipinski definition) is 3. The van der Waals surface area contributed by atoms with E-state index in [9.17, 15) is 9.59 Å². The quantitative estimate of drug-likeness (QED) is 0.581. The van der Waals surface area contributed by atoms with Crippen LogP contribution < -0.4 is 15.4 Å². The minimum Gasteiger partial charge on any atom is -0.484 e. The summed E-state index contributed by atoms with van der Waals surface area (Å²) in [5.41, 5.74) is 1.14. The van der Waals surface area contributed by atoms with E-state index in [1.807, 2.05) is 31.3 Å². The van der Waals surface area contributed by atoms with Gasteiger partial charge in [-0.25, -0.2) is 0 Å². The molecule has 0 heterocycles. The van der Waals surface area contributed by atoms with Crippen molar-refractivity contribution in [2.75, 3.05) is 20.2 Å². The minimum absolute atomic E-state index is 0.0497. The molecule has 0 saturated heterocycles. The first-order valence-corrected chi connectivity index (χ1v) is 6.46. The third-order valence-electron chi connectivity index (χ3n) is 2.56. The zero-order valence-corrected chi connectivity index (χ0v) is 11.5. The van der Waals surface area contributed by atoms with E-state index in [2.05, 4.69) is 10.6 Å². The van der Waals surface area contributed by atoms with Gasteiger partial charge in [-0.1, -0.05) is 12.1 Å². The normalized spacial score (nSPS) is 10.1. The van der Waals surface area contributed by atoms with Crippen molar-refractivity contribution < 1.29 is 19.4 Å². The van der Waals surface area contributed by atoms with Gasteiger partial charge in [0.1, 0.15) is 5.75 Å². The Morgan fingerprint density at radius 1 is 1.25 bits per heavy atom. The van der Waals surface area contributed by atoms with Crippen LogP contribution in [-0.4, -0.2) is 37.2 Å². The molecule has 110 valence electrons. The van der Waals surface area contributed by atoms with Crippen LogP contribution in [0.2, 0.25) is 0 Å². The van der Waals surface area contributed by atoms with Crippen molar-refractivity contribution in [1.82, 2.24) is 10.6 Å². The lowest BCUT2D eigenvalue weighted by atomic mass is 10.2. The average Bonchev–Trinajstić information content (AvgIpc) is 2.43. The highest BCUT2D eigenvalue weighted by Crippen LogP contribution is 2.11. The van der Waals surface area contributed by atoms with Crippen LogP contribution in [0.25, 0.3) is 0 Å². The Labute approximate surface area is 118 Å². The van der Waals surface area contributed by atoms with Crippen molar-refractivity contribution in [3.05, 3.63) is 29.8 Å². The summed E-state index contributed by atoms with van der Waals surface area (Å²) in [4.78, 5) is 21.7. The maximum atomic E-state index is 11.4. The molecule has 6 heteroatoms. The van der Waals surface area contributed by atoms with Gasteiger partial charge in [0.15, 0.2) is 6.61 Å². The van der Waals surface area contributed by atoms with E-state index in [0.717, 1.165) is 12.1 Å². The van der Waals surface area contributed by atoms with E-state index in [1.54, 1.807) is 0 Å². The lowest BCUT2D eigenvalue weighted by Gasteiger charge is -2.08. The number of nitrogens with one attached hydrogen (secondary N) is 2. The number of hydrogen-bond acceptors (Lipinski definition) is 4. The molecule has 3 N–H and O–H groups in total. The fourth-order valence-corrected chi connectivity index (χ4v) is 1.57. The van der Waals surface area contributed by atoms with Gasteiger partial charge in [0.2, 0.25) is 0 Å². The second-order valence-electron chi connectivity index (χ2n) is 4.31. The maximum absolute atomic E-state index is 11.4. The van der Waals surface area contributed by atoms with Gasteiger partial charge in [-0.3, -0.25) is 9.59 Å². The summed E-state index contributed by atoms with van der Waals surface area (Å²) in [5.74, 6) is -0.489. The second kappa shape index (κ2) is 8.92. The molecule has 1 rings (SSSR count). The highest BCUT2D eigenvalue weighted by atomic mass is 16.5. The number of carboxylic acids is 1. The molecule has 0 bridgehead atoms. The molecule has 0 spiro atoms. The summed E-state index contributed by atoms with van der Waals surface area (Å²) in [7, 11) is 1.87. The Bertz CT molecular complexity index is 431. The van der Waals surface area contributed by atoms with Crippen LogP contribution in [0, 0.1) is 0 Å². The monoisotopic (exact) mass is 280 g/mol. The van der Waals surface area contributed by atoms with Gasteiger partial charge < -0.3 is 20.5 Å². The van der Waals surface area contributed by atoms with Crippen molar-refractivity contribution in [2.45, 2.75) is 19.4 Å². The number of amides is 1. The Morgan fingerprint density at radius 2 is 1.95 bits per heavy atom. The first-order chi connectivity index (χ1) is 9.61. The summed E-state index contributed by atoms with van der Waals surface area (Å²) >= 11 is 0. The topological polar surface area (TPSA) is 87.7 Å². The number of carbonyl (C=O) groups excluding carboxylic acids is 1. The molecule has 0 atom stereocenters. The average molecular weight is 280 g/mol. The smallest absolute Gasteiger partial charge is 0.303 e. The van der Waals surface area contributed by atoms with E-state index >= 15 is 0 Å². The summed E-state index contributed by atoms with van der Waals surface area (Å²) in [6.45, 7) is 1.05. The van der Waals surface area contributed by atoms with Gasteiger partial charge in [-0.05, 0) is 31.2 Å².